The SMILES string of the molecule is [CH-]=CC#N. The van der Waals surface area contributed by atoms with E-state index in [-0.39, 0.29) is 0 Å². The van der Waals surface area contributed by atoms with Crippen molar-refractivity contribution in [3.05, 3.63) is 12.7 Å². The highest BCUT2D eigenvalue weighted by Gasteiger charge is 1.13. The molecule has 0 aliphatic carbocycles. The van der Waals surface area contributed by atoms with Crippen molar-refractivity contribution >= 4 is 0 Å². The number of hydrogen-bond donors (Lipinski definition) is 0. The van der Waals surface area contributed by atoms with Crippen LogP contribution in [0.15, 0.2) is 6.08 Å². The maximum Gasteiger partial charge on any atom is -0.147 e. The van der Waals surface area contributed by atoms with Crippen LogP contribution < -0.4 is 0 Å². The van der Waals surface area contributed by atoms with Crippen LogP contribution in [0.2, 0.25) is 0 Å². The molecule has 0 amide bonds. The second-order valence-electron chi connectivity index (χ2n) is 0.296. The summed E-state index contributed by atoms with van der Waals surface area (Å²) in [6.45, 7) is 4.54. The van der Waals surface area contributed by atoms with Gasteiger partial charge >= 0.3 is 0 Å². The number of nitrogens with zero attached hydrogens (tertiary/aromatic N) is 1. The van der Waals surface area contributed by atoms with Crippen LogP contribution in [0, 0.1) is 17.9 Å². The normalized spacial score (nSPS) is 3.75. The van der Waals surface area contributed by atoms with Gasteiger partial charge in [0.15, 0.2) is 0 Å². The molecule has 1 heteroatoms. The molecule has 4 heavy (non-hydrogen) atoms. The highest BCUT2D eigenvalue weighted by Crippen LogP contribution is 1.40. The number of hydrogen-bond acceptors (Lipinski definition) is 1. The van der Waals surface area contributed by atoms with Crippen molar-refractivity contribution in [2.24, 2.45) is 0 Å². The largest absolute Gasteiger partial charge is 0.329 e. The molecule has 0 heterocycles. The van der Waals surface area contributed by atoms with E-state index in [0.29, 0.717) is 0 Å². The first-order valence-corrected chi connectivity index (χ1v) is 0.846. The zero-order valence-electron chi connectivity index (χ0n) is 2.10. The van der Waals surface area contributed by atoms with Crippen molar-refractivity contribution in [3.63, 3.8) is 0 Å². The van der Waals surface area contributed by atoms with Crippen LogP contribution in [-0.4, -0.2) is 0 Å². The second-order valence-corrected chi connectivity index (χ2v) is 0.296. The van der Waals surface area contributed by atoms with Crippen LogP contribution in [0.3, 0.4) is 0 Å². The minimum Gasteiger partial charge on any atom is -0.329 e. The van der Waals surface area contributed by atoms with Crippen LogP contribution in [0.4, 0.5) is 0 Å². The minimum absolute atomic E-state index is 0.931. The molecule has 0 N–H and O–H groups in total. The summed E-state index contributed by atoms with van der Waals surface area (Å²) in [6.07, 6.45) is 0.931. The summed E-state index contributed by atoms with van der Waals surface area (Å²) in [5, 5.41) is 7.44. The number of rotatable bonds is 0. The van der Waals surface area contributed by atoms with E-state index in [4.69, 9.17) is 5.26 Å². The lowest BCUT2D eigenvalue weighted by atomic mass is 10.8. The van der Waals surface area contributed by atoms with Crippen molar-refractivity contribution in [2.75, 3.05) is 0 Å². The van der Waals surface area contributed by atoms with Gasteiger partial charge in [-0.05, 0) is 0 Å². The van der Waals surface area contributed by atoms with Crippen LogP contribution in [0.1, 0.15) is 0 Å². The molecule has 0 fully saturated rings. The number of allylic oxidation sites excluding steroid dienone is 1. The molecule has 0 radical (unpaired) electrons. The molecule has 0 aromatic carbocycles. The minimum atomic E-state index is 0.931. The molecule has 0 saturated carbocycles. The van der Waals surface area contributed by atoms with E-state index in [2.05, 4.69) is 6.58 Å². The lowest BCUT2D eigenvalue weighted by Crippen LogP contribution is -1.24. The Labute approximate surface area is 25.2 Å². The molecule has 0 saturated heterocycles. The zero-order valence-corrected chi connectivity index (χ0v) is 2.10. The molecular formula is C3H2N-. The summed E-state index contributed by atoms with van der Waals surface area (Å²) in [5.74, 6) is 0. The number of nitriles is 1. The first-order chi connectivity index (χ1) is 1.91. The molecule has 0 aromatic rings. The Bertz CT molecular complexity index is 48.8. The van der Waals surface area contributed by atoms with Crippen molar-refractivity contribution < 1.29 is 0 Å². The van der Waals surface area contributed by atoms with Crippen molar-refractivity contribution in [1.82, 2.24) is 0 Å². The fraction of sp³-hybridized carbons (Fsp3) is 0. The topological polar surface area (TPSA) is 23.8 Å². The summed E-state index contributed by atoms with van der Waals surface area (Å²) in [6, 6.07) is 1.58. The van der Waals surface area contributed by atoms with Gasteiger partial charge in [-0.25, -0.2) is 0 Å². The highest BCUT2D eigenvalue weighted by atomic mass is 14.2. The third kappa shape index (κ3) is 1.23. The van der Waals surface area contributed by atoms with Gasteiger partial charge in [-0.15, -0.1) is 6.07 Å². The Balaban J connectivity index is 2.92. The quantitative estimate of drug-likeness (QED) is 0.291. The molecule has 0 unspecified atom stereocenters. The van der Waals surface area contributed by atoms with Crippen LogP contribution >= 0.6 is 0 Å². The third-order valence-electron chi connectivity index (χ3n) is 0.0745. The maximum absolute atomic E-state index is 7.44. The molecule has 0 aromatic heterocycles. The summed E-state index contributed by atoms with van der Waals surface area (Å²) in [4.78, 5) is 0. The Hall–Kier alpha value is -0.770. The Kier molecular flexibility index (Phi) is 1.80. The fourth-order valence-electron chi connectivity index (χ4n) is 0. The van der Waals surface area contributed by atoms with Gasteiger partial charge in [-0.1, -0.05) is 0 Å². The Morgan fingerprint density at radius 3 is 2.25 bits per heavy atom. The predicted molar refractivity (Wildman–Crippen MR) is 14.5 cm³/mol. The van der Waals surface area contributed by atoms with Gasteiger partial charge in [0, 0.05) is 0 Å². The van der Waals surface area contributed by atoms with E-state index in [1.807, 2.05) is 0 Å². The average molecular weight is 52.1 g/mol. The van der Waals surface area contributed by atoms with Crippen molar-refractivity contribution in [3.8, 4) is 6.07 Å². The lowest BCUT2D eigenvalue weighted by Gasteiger charge is -1.51. The van der Waals surface area contributed by atoms with Crippen LogP contribution in [0.5, 0.6) is 0 Å². The van der Waals surface area contributed by atoms with Gasteiger partial charge in [0.05, 0.1) is 0 Å². The van der Waals surface area contributed by atoms with E-state index in [1.54, 1.807) is 6.07 Å². The molecule has 0 bridgehead atoms. The van der Waals surface area contributed by atoms with Gasteiger partial charge in [0.25, 0.3) is 0 Å². The molecule has 1 nitrogen and oxygen atoms in total. The summed E-state index contributed by atoms with van der Waals surface area (Å²) < 4.78 is 0. The third-order valence-corrected chi connectivity index (χ3v) is 0.0745. The lowest BCUT2D eigenvalue weighted by molar-refractivity contribution is 1.54. The van der Waals surface area contributed by atoms with E-state index < -0.39 is 0 Å². The predicted octanol–water partition coefficient (Wildman–Crippen LogP) is 0.499. The van der Waals surface area contributed by atoms with Gasteiger partial charge in [-0.3, -0.25) is 6.58 Å². The molecule has 0 atom stereocenters. The monoisotopic (exact) mass is 52.0 g/mol. The summed E-state index contributed by atoms with van der Waals surface area (Å²) in [7, 11) is 0. The standard InChI is InChI=1S/C3H2N/c1-2-3-4/h1-2H/q-1. The molecular weight excluding hydrogens is 50.0 g/mol. The molecule has 0 spiro atoms. The van der Waals surface area contributed by atoms with E-state index in [0.717, 1.165) is 6.08 Å². The first-order valence-electron chi connectivity index (χ1n) is 0.846. The van der Waals surface area contributed by atoms with Crippen molar-refractivity contribution in [2.45, 2.75) is 0 Å². The highest BCUT2D eigenvalue weighted by molar-refractivity contribution is 4.91. The molecule has 0 aliphatic rings. The summed E-state index contributed by atoms with van der Waals surface area (Å²) in [5.41, 5.74) is 0. The van der Waals surface area contributed by atoms with Crippen LogP contribution in [-0.2, 0) is 0 Å². The van der Waals surface area contributed by atoms with Gasteiger partial charge in [0.1, 0.15) is 0 Å². The van der Waals surface area contributed by atoms with Gasteiger partial charge < -0.3 is 5.26 Å². The molecule has 0 rings (SSSR count). The van der Waals surface area contributed by atoms with E-state index in [9.17, 15) is 0 Å². The first kappa shape index (κ1) is 3.23. The Morgan fingerprint density at radius 2 is 2.25 bits per heavy atom. The van der Waals surface area contributed by atoms with Crippen molar-refractivity contribution in [1.29, 1.82) is 5.26 Å². The Morgan fingerprint density at radius 1 is 2.00 bits per heavy atom. The maximum atomic E-state index is 7.44. The second kappa shape index (κ2) is 2.23. The average Bonchev–Trinajstić information content (AvgIpc) is 1.37. The van der Waals surface area contributed by atoms with Gasteiger partial charge in [-0.2, -0.15) is 6.08 Å². The van der Waals surface area contributed by atoms with Gasteiger partial charge in [0.2, 0.25) is 0 Å². The zero-order chi connectivity index (χ0) is 3.41. The molecule has 20 valence electrons. The smallest absolute Gasteiger partial charge is 0.147 e. The summed E-state index contributed by atoms with van der Waals surface area (Å²) >= 11 is 0. The van der Waals surface area contributed by atoms with E-state index in [1.165, 1.54) is 0 Å². The van der Waals surface area contributed by atoms with E-state index >= 15 is 0 Å². The fourth-order valence-corrected chi connectivity index (χ4v) is 0. The van der Waals surface area contributed by atoms with Crippen LogP contribution in [0.25, 0.3) is 0 Å². The molecule has 0 aliphatic heterocycles.